The first-order valence-electron chi connectivity index (χ1n) is 2.44. The monoisotopic (exact) mass is 113 g/mol. The molecule has 0 fully saturated rings. The number of hydrogen-bond acceptors (Lipinski definition) is 3. The van der Waals surface area contributed by atoms with Crippen LogP contribution in [0.2, 0.25) is 0 Å². The van der Waals surface area contributed by atoms with Crippen LogP contribution in [0.4, 0.5) is 0 Å². The fraction of sp³-hybridized carbons (Fsp3) is 0.400. The molecule has 0 saturated carbocycles. The summed E-state index contributed by atoms with van der Waals surface area (Å²) in [7, 11) is 0. The second kappa shape index (κ2) is 4.33. The lowest BCUT2D eigenvalue weighted by Gasteiger charge is -1.87. The van der Waals surface area contributed by atoms with E-state index >= 15 is 0 Å². The predicted molar refractivity (Wildman–Crippen MR) is 35.2 cm³/mol. The van der Waals surface area contributed by atoms with Crippen molar-refractivity contribution in [2.75, 3.05) is 0 Å². The number of nitrogens with two attached hydrogens (primary N) is 1. The average Bonchev–Trinajstić information content (AvgIpc) is 1.68. The van der Waals surface area contributed by atoms with Crippen LogP contribution in [0, 0.1) is 0 Å². The van der Waals surface area contributed by atoms with Crippen molar-refractivity contribution in [2.24, 2.45) is 10.9 Å². The van der Waals surface area contributed by atoms with Gasteiger partial charge < -0.3 is 0 Å². The van der Waals surface area contributed by atoms with Gasteiger partial charge in [-0.05, 0) is 19.9 Å². The molecule has 46 valence electrons. The third-order valence-electron chi connectivity index (χ3n) is 0.649. The number of rotatable bonds is 2. The Morgan fingerprint density at radius 3 is 2.75 bits per heavy atom. The first kappa shape index (κ1) is 7.17. The van der Waals surface area contributed by atoms with Crippen LogP contribution in [-0.4, -0.2) is 5.71 Å². The Bertz CT molecular complexity index is 104. The summed E-state index contributed by atoms with van der Waals surface area (Å²) in [5.74, 6) is 4.89. The van der Waals surface area contributed by atoms with Crippen molar-refractivity contribution in [3.63, 3.8) is 0 Å². The summed E-state index contributed by atoms with van der Waals surface area (Å²) in [5.41, 5.74) is 3.06. The van der Waals surface area contributed by atoms with Crippen LogP contribution in [0.1, 0.15) is 13.8 Å². The van der Waals surface area contributed by atoms with Gasteiger partial charge in [-0.2, -0.15) is 5.10 Å². The number of hydrogen-bond donors (Lipinski definition) is 2. The van der Waals surface area contributed by atoms with Crippen molar-refractivity contribution in [3.05, 3.63) is 12.2 Å². The van der Waals surface area contributed by atoms with Gasteiger partial charge in [-0.15, -0.1) is 0 Å². The standard InChI is InChI=1S/C5H11N3/c1-3-4-5(2)7-8-6/h3-4,8H,6H2,1-2H3/b4-3+,7-5-. The summed E-state index contributed by atoms with van der Waals surface area (Å²) in [6.45, 7) is 3.79. The summed E-state index contributed by atoms with van der Waals surface area (Å²) in [4.78, 5) is 0. The summed E-state index contributed by atoms with van der Waals surface area (Å²) in [6.07, 6.45) is 3.76. The van der Waals surface area contributed by atoms with Crippen molar-refractivity contribution in [1.29, 1.82) is 0 Å². The molecule has 3 heteroatoms. The van der Waals surface area contributed by atoms with Crippen LogP contribution in [-0.2, 0) is 0 Å². The largest absolute Gasteiger partial charge is 0.245 e. The maximum Gasteiger partial charge on any atom is 0.0584 e. The van der Waals surface area contributed by atoms with Crippen molar-refractivity contribution in [1.82, 2.24) is 5.53 Å². The molecule has 3 N–H and O–H groups in total. The molecular formula is C5H11N3. The fourth-order valence-electron chi connectivity index (χ4n) is 0.380. The SMILES string of the molecule is C/C=C/C(C)=N\NN. The Morgan fingerprint density at radius 2 is 2.38 bits per heavy atom. The molecule has 0 unspecified atom stereocenters. The van der Waals surface area contributed by atoms with Crippen LogP contribution >= 0.6 is 0 Å². The van der Waals surface area contributed by atoms with Crippen LogP contribution in [0.5, 0.6) is 0 Å². The number of hydrazone groups is 1. The first-order valence-corrected chi connectivity index (χ1v) is 2.44. The Balaban J connectivity index is 3.61. The molecule has 0 aliphatic carbocycles. The zero-order valence-corrected chi connectivity index (χ0v) is 5.18. The zero-order valence-electron chi connectivity index (χ0n) is 5.18. The molecule has 8 heavy (non-hydrogen) atoms. The molecule has 0 radical (unpaired) electrons. The van der Waals surface area contributed by atoms with E-state index in [1.54, 1.807) is 0 Å². The molecule has 0 spiro atoms. The van der Waals surface area contributed by atoms with Crippen molar-refractivity contribution < 1.29 is 0 Å². The van der Waals surface area contributed by atoms with Gasteiger partial charge in [-0.1, -0.05) is 6.08 Å². The molecule has 0 aromatic carbocycles. The van der Waals surface area contributed by atoms with E-state index in [4.69, 9.17) is 5.84 Å². The molecular weight excluding hydrogens is 102 g/mol. The molecule has 0 aromatic rings. The van der Waals surface area contributed by atoms with E-state index < -0.39 is 0 Å². The highest BCUT2D eigenvalue weighted by molar-refractivity contribution is 5.92. The lowest BCUT2D eigenvalue weighted by Crippen LogP contribution is -2.15. The molecule has 0 atom stereocenters. The fourth-order valence-corrected chi connectivity index (χ4v) is 0.380. The lowest BCUT2D eigenvalue weighted by molar-refractivity contribution is 0.806. The highest BCUT2D eigenvalue weighted by Gasteiger charge is 1.75. The quantitative estimate of drug-likeness (QED) is 0.309. The van der Waals surface area contributed by atoms with Gasteiger partial charge in [0.15, 0.2) is 0 Å². The molecule has 3 nitrogen and oxygen atoms in total. The van der Waals surface area contributed by atoms with Gasteiger partial charge in [0.25, 0.3) is 0 Å². The first-order chi connectivity index (χ1) is 3.81. The molecule has 0 heterocycles. The molecule has 0 aliphatic heterocycles. The van der Waals surface area contributed by atoms with Crippen LogP contribution < -0.4 is 11.4 Å². The third-order valence-corrected chi connectivity index (χ3v) is 0.649. The molecule has 0 rings (SSSR count). The van der Waals surface area contributed by atoms with Crippen LogP contribution in [0.3, 0.4) is 0 Å². The number of nitrogens with zero attached hydrogens (tertiary/aromatic N) is 1. The molecule has 0 aromatic heterocycles. The predicted octanol–water partition coefficient (Wildman–Crippen LogP) is 0.402. The van der Waals surface area contributed by atoms with Gasteiger partial charge in [0.05, 0.1) is 5.71 Å². The van der Waals surface area contributed by atoms with Crippen LogP contribution in [0.15, 0.2) is 17.3 Å². The van der Waals surface area contributed by atoms with Crippen molar-refractivity contribution >= 4 is 5.71 Å². The second-order valence-electron chi connectivity index (χ2n) is 1.38. The van der Waals surface area contributed by atoms with Gasteiger partial charge in [0.2, 0.25) is 0 Å². The number of hydrazine groups is 1. The maximum atomic E-state index is 4.89. The normalized spacial score (nSPS) is 12.6. The van der Waals surface area contributed by atoms with E-state index in [1.807, 2.05) is 26.0 Å². The molecule has 0 amide bonds. The minimum Gasteiger partial charge on any atom is -0.245 e. The van der Waals surface area contributed by atoms with Crippen molar-refractivity contribution in [3.8, 4) is 0 Å². The molecule has 0 bridgehead atoms. The third kappa shape index (κ3) is 3.36. The summed E-state index contributed by atoms with van der Waals surface area (Å²) >= 11 is 0. The minimum atomic E-state index is 0.870. The second-order valence-corrected chi connectivity index (χ2v) is 1.38. The van der Waals surface area contributed by atoms with Gasteiger partial charge in [-0.3, -0.25) is 0 Å². The van der Waals surface area contributed by atoms with E-state index in [-0.39, 0.29) is 0 Å². The van der Waals surface area contributed by atoms with Crippen LogP contribution in [0.25, 0.3) is 0 Å². The summed E-state index contributed by atoms with van der Waals surface area (Å²) in [6, 6.07) is 0. The summed E-state index contributed by atoms with van der Waals surface area (Å²) < 4.78 is 0. The Labute approximate surface area is 49.2 Å². The number of nitrogens with one attached hydrogen (secondary N) is 1. The maximum absolute atomic E-state index is 4.89. The smallest absolute Gasteiger partial charge is 0.0584 e. The van der Waals surface area contributed by atoms with E-state index in [0.29, 0.717) is 0 Å². The van der Waals surface area contributed by atoms with Gasteiger partial charge in [-0.25, -0.2) is 11.4 Å². The van der Waals surface area contributed by atoms with Gasteiger partial charge in [0.1, 0.15) is 0 Å². The topological polar surface area (TPSA) is 50.4 Å². The van der Waals surface area contributed by atoms with Crippen molar-refractivity contribution in [2.45, 2.75) is 13.8 Å². The van der Waals surface area contributed by atoms with E-state index in [1.165, 1.54) is 0 Å². The Morgan fingerprint density at radius 1 is 1.75 bits per heavy atom. The average molecular weight is 113 g/mol. The lowest BCUT2D eigenvalue weighted by atomic mass is 10.4. The highest BCUT2D eigenvalue weighted by atomic mass is 15.5. The molecule has 0 saturated heterocycles. The zero-order chi connectivity index (χ0) is 6.41. The van der Waals surface area contributed by atoms with E-state index in [9.17, 15) is 0 Å². The van der Waals surface area contributed by atoms with Gasteiger partial charge >= 0.3 is 0 Å². The van der Waals surface area contributed by atoms with E-state index in [2.05, 4.69) is 10.6 Å². The van der Waals surface area contributed by atoms with Gasteiger partial charge in [0, 0.05) is 0 Å². The van der Waals surface area contributed by atoms with E-state index in [0.717, 1.165) is 5.71 Å². The minimum absolute atomic E-state index is 0.870. The molecule has 0 aliphatic rings. The Hall–Kier alpha value is -0.830. The number of allylic oxidation sites excluding steroid dienone is 2. The summed E-state index contributed by atoms with van der Waals surface area (Å²) in [5, 5.41) is 3.67. The highest BCUT2D eigenvalue weighted by Crippen LogP contribution is 1.75. The Kier molecular flexibility index (Phi) is 3.88.